The van der Waals surface area contributed by atoms with Crippen molar-refractivity contribution in [1.29, 1.82) is 0 Å². The molecular formula is C25H27FN4O4. The van der Waals surface area contributed by atoms with Crippen LogP contribution in [0.5, 0.6) is 5.75 Å². The summed E-state index contributed by atoms with van der Waals surface area (Å²) in [4.78, 5) is 41.5. The Labute approximate surface area is 196 Å². The summed E-state index contributed by atoms with van der Waals surface area (Å²) in [6, 6.07) is 12.2. The highest BCUT2D eigenvalue weighted by Gasteiger charge is 2.28. The van der Waals surface area contributed by atoms with Gasteiger partial charge in [0.05, 0.1) is 19.3 Å². The van der Waals surface area contributed by atoms with Gasteiger partial charge >= 0.3 is 5.69 Å². The van der Waals surface area contributed by atoms with Crippen molar-refractivity contribution in [1.82, 2.24) is 19.2 Å². The van der Waals surface area contributed by atoms with Crippen LogP contribution in [0.1, 0.15) is 48.2 Å². The van der Waals surface area contributed by atoms with Gasteiger partial charge in [-0.15, -0.1) is 0 Å². The highest BCUT2D eigenvalue weighted by molar-refractivity contribution is 5.91. The Bertz CT molecular complexity index is 1290. The van der Waals surface area contributed by atoms with Crippen molar-refractivity contribution in [2.24, 2.45) is 0 Å². The predicted molar refractivity (Wildman–Crippen MR) is 125 cm³/mol. The number of halogens is 1. The molecule has 0 aliphatic heterocycles. The lowest BCUT2D eigenvalue weighted by molar-refractivity contribution is 0.0684. The molecule has 1 aliphatic carbocycles. The molecule has 0 N–H and O–H groups in total. The highest BCUT2D eigenvalue weighted by atomic mass is 19.1. The number of carbonyl (C=O) groups is 1. The van der Waals surface area contributed by atoms with E-state index in [1.807, 2.05) is 0 Å². The molecule has 9 heteroatoms. The first-order valence-corrected chi connectivity index (χ1v) is 11.3. The van der Waals surface area contributed by atoms with E-state index in [2.05, 4.69) is 5.10 Å². The van der Waals surface area contributed by atoms with E-state index in [4.69, 9.17) is 4.74 Å². The van der Waals surface area contributed by atoms with Crippen LogP contribution in [0.4, 0.5) is 4.39 Å². The summed E-state index contributed by atoms with van der Waals surface area (Å²) < 4.78 is 20.9. The summed E-state index contributed by atoms with van der Waals surface area (Å²) >= 11 is 0. The minimum absolute atomic E-state index is 0.0143. The summed E-state index contributed by atoms with van der Waals surface area (Å²) in [5, 5.41) is 4.20. The minimum Gasteiger partial charge on any atom is -0.497 e. The second-order valence-corrected chi connectivity index (χ2v) is 8.47. The molecular weight excluding hydrogens is 439 g/mol. The van der Waals surface area contributed by atoms with Crippen LogP contribution in [0.2, 0.25) is 0 Å². The molecule has 1 saturated carbocycles. The molecule has 8 nitrogen and oxygen atoms in total. The highest BCUT2D eigenvalue weighted by Crippen LogP contribution is 2.22. The quantitative estimate of drug-likeness (QED) is 0.558. The van der Waals surface area contributed by atoms with Gasteiger partial charge in [-0.3, -0.25) is 14.2 Å². The van der Waals surface area contributed by atoms with Gasteiger partial charge in [0.15, 0.2) is 0 Å². The number of aromatic nitrogens is 3. The fourth-order valence-corrected chi connectivity index (χ4v) is 4.30. The number of ether oxygens (including phenoxy) is 1. The second-order valence-electron chi connectivity index (χ2n) is 8.47. The van der Waals surface area contributed by atoms with Gasteiger partial charge in [0, 0.05) is 13.1 Å². The topological polar surface area (TPSA) is 86.4 Å². The first-order valence-electron chi connectivity index (χ1n) is 11.3. The Balaban J connectivity index is 1.83. The van der Waals surface area contributed by atoms with Crippen LogP contribution in [0.3, 0.4) is 0 Å². The molecule has 1 fully saturated rings. The van der Waals surface area contributed by atoms with E-state index < -0.39 is 23.0 Å². The molecule has 0 radical (unpaired) electrons. The van der Waals surface area contributed by atoms with E-state index in [1.54, 1.807) is 42.3 Å². The minimum atomic E-state index is -0.799. The van der Waals surface area contributed by atoms with Crippen molar-refractivity contribution in [2.75, 3.05) is 14.2 Å². The van der Waals surface area contributed by atoms with Crippen LogP contribution >= 0.6 is 0 Å². The van der Waals surface area contributed by atoms with Crippen molar-refractivity contribution in [3.63, 3.8) is 0 Å². The zero-order chi connectivity index (χ0) is 24.2. The molecule has 0 atom stereocenters. The molecule has 3 aromatic rings. The Morgan fingerprint density at radius 1 is 1.12 bits per heavy atom. The van der Waals surface area contributed by atoms with Gasteiger partial charge in [0.25, 0.3) is 11.5 Å². The molecule has 34 heavy (non-hydrogen) atoms. The number of benzene rings is 2. The van der Waals surface area contributed by atoms with Gasteiger partial charge in [-0.1, -0.05) is 31.4 Å². The molecule has 2 aromatic carbocycles. The summed E-state index contributed by atoms with van der Waals surface area (Å²) in [6.45, 7) is -0.193. The van der Waals surface area contributed by atoms with Gasteiger partial charge in [0.2, 0.25) is 5.69 Å². The number of hydrogen-bond acceptors (Lipinski definition) is 5. The monoisotopic (exact) mass is 466 g/mol. The van der Waals surface area contributed by atoms with Gasteiger partial charge in [0.1, 0.15) is 11.6 Å². The van der Waals surface area contributed by atoms with Crippen LogP contribution in [0, 0.1) is 5.82 Å². The second kappa shape index (κ2) is 10.0. The van der Waals surface area contributed by atoms with Crippen LogP contribution in [-0.2, 0) is 6.54 Å². The van der Waals surface area contributed by atoms with Crippen LogP contribution in [-0.4, -0.2) is 45.4 Å². The van der Waals surface area contributed by atoms with Crippen molar-refractivity contribution in [3.05, 3.63) is 86.4 Å². The SMILES string of the molecule is COc1ccc(-n2nc(C(=O)N(C)C3CCCCC3)c(=O)n(Cc3cccc(F)c3)c2=O)cc1. The molecule has 1 aromatic heterocycles. The maximum atomic E-state index is 13.8. The Hall–Kier alpha value is -3.75. The van der Waals surface area contributed by atoms with Gasteiger partial charge in [-0.05, 0) is 54.8 Å². The summed E-state index contributed by atoms with van der Waals surface area (Å²) in [5.74, 6) is -0.436. The van der Waals surface area contributed by atoms with E-state index in [1.165, 1.54) is 25.3 Å². The smallest absolute Gasteiger partial charge is 0.352 e. The maximum Gasteiger partial charge on any atom is 0.352 e. The summed E-state index contributed by atoms with van der Waals surface area (Å²) in [6.07, 6.45) is 4.88. The number of amides is 1. The Morgan fingerprint density at radius 2 is 1.82 bits per heavy atom. The average Bonchev–Trinajstić information content (AvgIpc) is 2.86. The largest absolute Gasteiger partial charge is 0.497 e. The normalized spacial score (nSPS) is 14.1. The van der Waals surface area contributed by atoms with Crippen molar-refractivity contribution >= 4 is 5.91 Å². The number of hydrogen-bond donors (Lipinski definition) is 0. The number of methoxy groups -OCH3 is 1. The third-order valence-corrected chi connectivity index (χ3v) is 6.25. The number of nitrogens with zero attached hydrogens (tertiary/aromatic N) is 4. The van der Waals surface area contributed by atoms with E-state index in [0.717, 1.165) is 41.4 Å². The molecule has 178 valence electrons. The molecule has 4 rings (SSSR count). The van der Waals surface area contributed by atoms with E-state index in [9.17, 15) is 18.8 Å². The van der Waals surface area contributed by atoms with Gasteiger partial charge < -0.3 is 9.64 Å². The molecule has 1 heterocycles. The van der Waals surface area contributed by atoms with Crippen LogP contribution < -0.4 is 16.0 Å². The maximum absolute atomic E-state index is 13.8. The molecule has 0 bridgehead atoms. The zero-order valence-electron chi connectivity index (χ0n) is 19.2. The Morgan fingerprint density at radius 3 is 2.47 bits per heavy atom. The van der Waals surface area contributed by atoms with E-state index >= 15 is 0 Å². The fraction of sp³-hybridized carbons (Fsp3) is 0.360. The van der Waals surface area contributed by atoms with E-state index in [0.29, 0.717) is 17.0 Å². The molecule has 0 spiro atoms. The standard InChI is InChI=1S/C25H27FN4O4/c1-28(19-9-4-3-5-10-19)23(31)22-24(32)29(16-17-7-6-8-18(26)15-17)25(33)30(27-22)20-11-13-21(34-2)14-12-20/h6-8,11-15,19H,3-5,9-10,16H2,1-2H3. The summed E-state index contributed by atoms with van der Waals surface area (Å²) in [7, 11) is 3.19. The molecule has 1 amide bonds. The lowest BCUT2D eigenvalue weighted by Crippen LogP contribution is -2.48. The molecule has 1 aliphatic rings. The lowest BCUT2D eigenvalue weighted by atomic mass is 9.94. The first-order chi connectivity index (χ1) is 16.4. The fourth-order valence-electron chi connectivity index (χ4n) is 4.30. The van der Waals surface area contributed by atoms with Crippen LogP contribution in [0.25, 0.3) is 5.69 Å². The lowest BCUT2D eigenvalue weighted by Gasteiger charge is -2.30. The number of rotatable bonds is 6. The molecule has 0 unspecified atom stereocenters. The third kappa shape index (κ3) is 4.78. The Kier molecular flexibility index (Phi) is 6.90. The number of carbonyl (C=O) groups excluding carboxylic acids is 1. The molecule has 0 saturated heterocycles. The predicted octanol–water partition coefficient (Wildman–Crippen LogP) is 2.99. The van der Waals surface area contributed by atoms with Crippen molar-refractivity contribution in [3.8, 4) is 11.4 Å². The van der Waals surface area contributed by atoms with Gasteiger partial charge in [-0.2, -0.15) is 9.78 Å². The zero-order valence-corrected chi connectivity index (χ0v) is 19.2. The summed E-state index contributed by atoms with van der Waals surface area (Å²) in [5.41, 5.74) is -1.08. The average molecular weight is 467 g/mol. The third-order valence-electron chi connectivity index (χ3n) is 6.25. The van der Waals surface area contributed by atoms with Crippen molar-refractivity contribution < 1.29 is 13.9 Å². The van der Waals surface area contributed by atoms with Crippen molar-refractivity contribution in [2.45, 2.75) is 44.7 Å². The van der Waals surface area contributed by atoms with Crippen LogP contribution in [0.15, 0.2) is 58.1 Å². The van der Waals surface area contributed by atoms with Gasteiger partial charge in [-0.25, -0.2) is 9.18 Å². The van der Waals surface area contributed by atoms with E-state index in [-0.39, 0.29) is 18.3 Å². The first kappa shape index (κ1) is 23.4.